The molecule has 1 N–H and O–H groups in total. The quantitative estimate of drug-likeness (QED) is 0.784. The van der Waals surface area contributed by atoms with Gasteiger partial charge in [-0.05, 0) is 25.0 Å². The third-order valence-corrected chi connectivity index (χ3v) is 4.52. The number of ether oxygens (including phenoxy) is 1. The number of hydrogen-bond donors (Lipinski definition) is 1. The largest absolute Gasteiger partial charge is 0.481 e. The number of nitrogens with one attached hydrogen (secondary N) is 1. The molecule has 1 aromatic carbocycles. The summed E-state index contributed by atoms with van der Waals surface area (Å²) in [6.45, 7) is 1.89. The highest BCUT2D eigenvalue weighted by molar-refractivity contribution is 5.89. The molecule has 0 aliphatic carbocycles. The maximum atomic E-state index is 5.15. The van der Waals surface area contributed by atoms with Crippen molar-refractivity contribution in [2.45, 2.75) is 18.9 Å². The van der Waals surface area contributed by atoms with Gasteiger partial charge in [0, 0.05) is 30.6 Å². The van der Waals surface area contributed by atoms with E-state index in [9.17, 15) is 0 Å². The van der Waals surface area contributed by atoms with Crippen molar-refractivity contribution < 1.29 is 4.74 Å². The van der Waals surface area contributed by atoms with Gasteiger partial charge in [0.2, 0.25) is 5.88 Å². The van der Waals surface area contributed by atoms with E-state index in [4.69, 9.17) is 4.74 Å². The summed E-state index contributed by atoms with van der Waals surface area (Å²) in [6.07, 6.45) is 5.20. The van der Waals surface area contributed by atoms with Crippen molar-refractivity contribution in [1.29, 1.82) is 0 Å². The highest BCUT2D eigenvalue weighted by Crippen LogP contribution is 2.26. The molecule has 2 aromatic heterocycles. The Morgan fingerprint density at radius 3 is 2.68 bits per heavy atom. The minimum Gasteiger partial charge on any atom is -0.481 e. The summed E-state index contributed by atoms with van der Waals surface area (Å²) in [5.74, 6) is 2.40. The molecular weight excluding hydrogens is 316 g/mol. The van der Waals surface area contributed by atoms with E-state index in [2.05, 4.69) is 36.2 Å². The normalized spacial score (nSPS) is 15.3. The van der Waals surface area contributed by atoms with Gasteiger partial charge in [0.15, 0.2) is 0 Å². The number of anilines is 2. The van der Waals surface area contributed by atoms with Crippen LogP contribution >= 0.6 is 0 Å². The fraction of sp³-hybridized carbons (Fsp3) is 0.333. The maximum absolute atomic E-state index is 5.15. The van der Waals surface area contributed by atoms with Crippen molar-refractivity contribution in [3.63, 3.8) is 0 Å². The lowest BCUT2D eigenvalue weighted by Crippen LogP contribution is -2.39. The van der Waals surface area contributed by atoms with Crippen molar-refractivity contribution in [3.8, 4) is 5.88 Å². The van der Waals surface area contributed by atoms with E-state index in [-0.39, 0.29) is 0 Å². The Bertz CT molecular complexity index is 858. The molecule has 0 spiro atoms. The maximum Gasteiger partial charge on any atom is 0.218 e. The van der Waals surface area contributed by atoms with E-state index in [0.717, 1.165) is 48.5 Å². The first-order chi connectivity index (χ1) is 12.3. The summed E-state index contributed by atoms with van der Waals surface area (Å²) >= 11 is 0. The number of nitrogens with zero attached hydrogens (tertiary/aromatic N) is 5. The Labute approximate surface area is 146 Å². The van der Waals surface area contributed by atoms with Gasteiger partial charge >= 0.3 is 0 Å². The van der Waals surface area contributed by atoms with Gasteiger partial charge in [0.25, 0.3) is 0 Å². The summed E-state index contributed by atoms with van der Waals surface area (Å²) in [6, 6.07) is 10.4. The van der Waals surface area contributed by atoms with Crippen LogP contribution in [0.15, 0.2) is 43.0 Å². The number of piperidine rings is 1. The van der Waals surface area contributed by atoms with Crippen LogP contribution in [0.2, 0.25) is 0 Å². The summed E-state index contributed by atoms with van der Waals surface area (Å²) in [4.78, 5) is 19.5. The fourth-order valence-electron chi connectivity index (χ4n) is 3.22. The lowest BCUT2D eigenvalue weighted by Gasteiger charge is -2.33. The molecule has 7 nitrogen and oxygen atoms in total. The highest BCUT2D eigenvalue weighted by Gasteiger charge is 2.22. The summed E-state index contributed by atoms with van der Waals surface area (Å²) in [7, 11) is 1.61. The number of fused-ring (bicyclic) bond motifs is 1. The Hall–Kier alpha value is -2.96. The van der Waals surface area contributed by atoms with Crippen molar-refractivity contribution in [2.24, 2.45) is 0 Å². The summed E-state index contributed by atoms with van der Waals surface area (Å²) < 4.78 is 5.15. The van der Waals surface area contributed by atoms with Crippen LogP contribution in [-0.4, -0.2) is 46.2 Å². The van der Waals surface area contributed by atoms with Crippen LogP contribution in [0.5, 0.6) is 5.88 Å². The van der Waals surface area contributed by atoms with Gasteiger partial charge in [-0.1, -0.05) is 12.1 Å². The average molecular weight is 336 g/mol. The number of hydrogen-bond acceptors (Lipinski definition) is 7. The van der Waals surface area contributed by atoms with Crippen molar-refractivity contribution in [1.82, 2.24) is 19.9 Å². The van der Waals surface area contributed by atoms with Gasteiger partial charge in [0.05, 0.1) is 12.6 Å². The van der Waals surface area contributed by atoms with Crippen molar-refractivity contribution in [3.05, 3.63) is 43.0 Å². The van der Waals surface area contributed by atoms with E-state index in [1.165, 1.54) is 6.33 Å². The number of aromatic nitrogens is 4. The fourth-order valence-corrected chi connectivity index (χ4v) is 3.22. The standard InChI is InChI=1S/C18H20N6O/c1-25-17-10-16(20-12-21-17)23-13-6-8-24(9-7-13)18-14-4-2-3-5-15(14)19-11-22-18/h2-5,10-13H,6-9H2,1H3,(H,20,21,23). The molecule has 1 aliphatic heterocycles. The number of rotatable bonds is 4. The third kappa shape index (κ3) is 3.31. The molecule has 3 aromatic rings. The van der Waals surface area contributed by atoms with E-state index in [1.54, 1.807) is 13.4 Å². The van der Waals surface area contributed by atoms with Crippen LogP contribution in [0.1, 0.15) is 12.8 Å². The van der Waals surface area contributed by atoms with E-state index >= 15 is 0 Å². The molecule has 0 saturated carbocycles. The Morgan fingerprint density at radius 2 is 1.84 bits per heavy atom. The van der Waals surface area contributed by atoms with E-state index in [1.807, 2.05) is 24.3 Å². The van der Waals surface area contributed by atoms with Gasteiger partial charge in [-0.25, -0.2) is 19.9 Å². The third-order valence-electron chi connectivity index (χ3n) is 4.52. The molecule has 1 fully saturated rings. The van der Waals surface area contributed by atoms with Crippen LogP contribution in [0, 0.1) is 0 Å². The van der Waals surface area contributed by atoms with Crippen LogP contribution in [0.3, 0.4) is 0 Å². The van der Waals surface area contributed by atoms with Gasteiger partial charge < -0.3 is 15.0 Å². The average Bonchev–Trinajstić information content (AvgIpc) is 2.68. The zero-order chi connectivity index (χ0) is 17.1. The number of benzene rings is 1. The van der Waals surface area contributed by atoms with E-state index in [0.29, 0.717) is 11.9 Å². The first-order valence-corrected chi connectivity index (χ1v) is 8.41. The molecule has 7 heteroatoms. The van der Waals surface area contributed by atoms with Gasteiger partial charge in [-0.2, -0.15) is 0 Å². The molecule has 0 bridgehead atoms. The zero-order valence-electron chi connectivity index (χ0n) is 14.1. The molecule has 1 aliphatic rings. The molecule has 0 atom stereocenters. The van der Waals surface area contributed by atoms with Gasteiger partial charge in [-0.15, -0.1) is 0 Å². The Balaban J connectivity index is 1.44. The predicted octanol–water partition coefficient (Wildman–Crippen LogP) is 2.51. The molecule has 1 saturated heterocycles. The topological polar surface area (TPSA) is 76.1 Å². The smallest absolute Gasteiger partial charge is 0.218 e. The van der Waals surface area contributed by atoms with Gasteiger partial charge in [-0.3, -0.25) is 0 Å². The predicted molar refractivity (Wildman–Crippen MR) is 97.0 cm³/mol. The van der Waals surface area contributed by atoms with E-state index < -0.39 is 0 Å². The molecule has 0 amide bonds. The van der Waals surface area contributed by atoms with Crippen LogP contribution in [0.4, 0.5) is 11.6 Å². The minimum absolute atomic E-state index is 0.379. The lowest BCUT2D eigenvalue weighted by atomic mass is 10.0. The number of para-hydroxylation sites is 1. The molecule has 0 unspecified atom stereocenters. The molecule has 4 rings (SSSR count). The molecule has 0 radical (unpaired) electrons. The van der Waals surface area contributed by atoms with Crippen LogP contribution < -0.4 is 15.0 Å². The summed E-state index contributed by atoms with van der Waals surface area (Å²) in [5, 5.41) is 4.58. The SMILES string of the molecule is COc1cc(NC2CCN(c3ncnc4ccccc34)CC2)ncn1. The second-order valence-electron chi connectivity index (χ2n) is 6.07. The second-order valence-corrected chi connectivity index (χ2v) is 6.07. The molecule has 128 valence electrons. The first kappa shape index (κ1) is 15.6. The van der Waals surface area contributed by atoms with Gasteiger partial charge in [0.1, 0.15) is 24.3 Å². The second kappa shape index (κ2) is 6.88. The minimum atomic E-state index is 0.379. The van der Waals surface area contributed by atoms with Crippen molar-refractivity contribution in [2.75, 3.05) is 30.4 Å². The van der Waals surface area contributed by atoms with Crippen molar-refractivity contribution >= 4 is 22.5 Å². The first-order valence-electron chi connectivity index (χ1n) is 8.41. The molecular formula is C18H20N6O. The summed E-state index contributed by atoms with van der Waals surface area (Å²) in [5.41, 5.74) is 0.987. The highest BCUT2D eigenvalue weighted by atomic mass is 16.5. The molecule has 3 heterocycles. The monoisotopic (exact) mass is 336 g/mol. The number of methoxy groups -OCH3 is 1. The Morgan fingerprint density at radius 1 is 1.04 bits per heavy atom. The van der Waals surface area contributed by atoms with Crippen LogP contribution in [-0.2, 0) is 0 Å². The lowest BCUT2D eigenvalue weighted by molar-refractivity contribution is 0.397. The van der Waals surface area contributed by atoms with Crippen LogP contribution in [0.25, 0.3) is 10.9 Å². The zero-order valence-corrected chi connectivity index (χ0v) is 14.1. The Kier molecular flexibility index (Phi) is 4.28. The molecule has 25 heavy (non-hydrogen) atoms.